The molecule has 22 heavy (non-hydrogen) atoms. The summed E-state index contributed by atoms with van der Waals surface area (Å²) in [5.41, 5.74) is 0.194. The number of carboxylic acids is 1. The minimum absolute atomic E-state index is 0.0755. The Hall–Kier alpha value is -1.93. The van der Waals surface area contributed by atoms with E-state index in [-0.39, 0.29) is 16.5 Å². The molecule has 0 saturated heterocycles. The quantitative estimate of drug-likeness (QED) is 0.808. The number of hydrogen-bond donors (Lipinski definition) is 2. The van der Waals surface area contributed by atoms with Crippen LogP contribution in [0.5, 0.6) is 0 Å². The second kappa shape index (κ2) is 6.89. The maximum atomic E-state index is 12.3. The summed E-state index contributed by atoms with van der Waals surface area (Å²) in [6.07, 6.45) is 0. The van der Waals surface area contributed by atoms with Gasteiger partial charge in [0.1, 0.15) is 6.04 Å². The molecule has 8 heteroatoms. The van der Waals surface area contributed by atoms with Crippen molar-refractivity contribution >= 4 is 21.9 Å². The van der Waals surface area contributed by atoms with Crippen molar-refractivity contribution in [2.75, 3.05) is 7.05 Å². The third-order valence-electron chi connectivity index (χ3n) is 3.24. The van der Waals surface area contributed by atoms with E-state index < -0.39 is 27.9 Å². The SMILES string of the molecule is CC(C)N(C)S(=O)(=O)c1ccc(C(=O)N[C@@H](C)C(=O)O)cc1. The first-order valence-corrected chi connectivity index (χ1v) is 8.13. The van der Waals surface area contributed by atoms with Crippen LogP contribution in [0, 0.1) is 0 Å². The van der Waals surface area contributed by atoms with Crippen LogP contribution in [-0.2, 0) is 14.8 Å². The number of rotatable bonds is 6. The van der Waals surface area contributed by atoms with Crippen LogP contribution in [-0.4, -0.2) is 48.8 Å². The molecular weight excluding hydrogens is 308 g/mol. The van der Waals surface area contributed by atoms with Gasteiger partial charge in [-0.15, -0.1) is 0 Å². The average Bonchev–Trinajstić information content (AvgIpc) is 2.46. The van der Waals surface area contributed by atoms with Gasteiger partial charge in [0.25, 0.3) is 5.91 Å². The smallest absolute Gasteiger partial charge is 0.325 e. The Morgan fingerprint density at radius 3 is 2.05 bits per heavy atom. The third-order valence-corrected chi connectivity index (χ3v) is 5.29. The van der Waals surface area contributed by atoms with Gasteiger partial charge in [-0.1, -0.05) is 0 Å². The summed E-state index contributed by atoms with van der Waals surface area (Å²) < 4.78 is 25.8. The molecule has 0 aliphatic heterocycles. The highest BCUT2D eigenvalue weighted by molar-refractivity contribution is 7.89. The predicted octanol–water partition coefficient (Wildman–Crippen LogP) is 0.918. The van der Waals surface area contributed by atoms with Crippen molar-refractivity contribution in [3.63, 3.8) is 0 Å². The normalized spacial score (nSPS) is 13.2. The number of carbonyl (C=O) groups is 2. The fourth-order valence-corrected chi connectivity index (χ4v) is 2.93. The van der Waals surface area contributed by atoms with Crippen LogP contribution in [0.15, 0.2) is 29.2 Å². The van der Waals surface area contributed by atoms with Crippen LogP contribution in [0.4, 0.5) is 0 Å². The third kappa shape index (κ3) is 4.05. The zero-order valence-electron chi connectivity index (χ0n) is 12.9. The number of carbonyl (C=O) groups excluding carboxylic acids is 1. The second-order valence-corrected chi connectivity index (χ2v) is 7.17. The van der Waals surface area contributed by atoms with Gasteiger partial charge in [0, 0.05) is 18.7 Å². The highest BCUT2D eigenvalue weighted by Crippen LogP contribution is 2.17. The van der Waals surface area contributed by atoms with Gasteiger partial charge in [0.2, 0.25) is 10.0 Å². The zero-order chi connectivity index (χ0) is 17.1. The predicted molar refractivity (Wildman–Crippen MR) is 81.1 cm³/mol. The molecule has 1 atom stereocenters. The van der Waals surface area contributed by atoms with Gasteiger partial charge in [-0.3, -0.25) is 9.59 Å². The fourth-order valence-electron chi connectivity index (χ4n) is 1.56. The molecule has 0 radical (unpaired) electrons. The lowest BCUT2D eigenvalue weighted by atomic mass is 10.2. The van der Waals surface area contributed by atoms with Crippen LogP contribution in [0.3, 0.4) is 0 Å². The summed E-state index contributed by atoms with van der Waals surface area (Å²) >= 11 is 0. The summed E-state index contributed by atoms with van der Waals surface area (Å²) in [4.78, 5) is 22.6. The van der Waals surface area contributed by atoms with Gasteiger partial charge in [-0.05, 0) is 45.0 Å². The van der Waals surface area contributed by atoms with Crippen LogP contribution in [0.1, 0.15) is 31.1 Å². The molecule has 0 aliphatic carbocycles. The molecule has 1 aromatic rings. The van der Waals surface area contributed by atoms with Crippen LogP contribution >= 0.6 is 0 Å². The number of hydrogen-bond acceptors (Lipinski definition) is 4. The molecule has 0 fully saturated rings. The van der Waals surface area contributed by atoms with Gasteiger partial charge in [-0.25, -0.2) is 8.42 Å². The molecule has 0 unspecified atom stereocenters. The largest absolute Gasteiger partial charge is 0.480 e. The number of nitrogens with zero attached hydrogens (tertiary/aromatic N) is 1. The van der Waals surface area contributed by atoms with Crippen LogP contribution in [0.25, 0.3) is 0 Å². The molecule has 0 heterocycles. The summed E-state index contributed by atoms with van der Waals surface area (Å²) in [7, 11) is -2.13. The summed E-state index contributed by atoms with van der Waals surface area (Å²) in [5, 5.41) is 11.0. The molecule has 0 saturated carbocycles. The van der Waals surface area contributed by atoms with Crippen molar-refractivity contribution in [2.24, 2.45) is 0 Å². The maximum Gasteiger partial charge on any atom is 0.325 e. The van der Waals surface area contributed by atoms with Crippen molar-refractivity contribution in [1.82, 2.24) is 9.62 Å². The molecule has 0 aliphatic rings. The highest BCUT2D eigenvalue weighted by atomic mass is 32.2. The van der Waals surface area contributed by atoms with Crippen molar-refractivity contribution in [2.45, 2.75) is 37.8 Å². The lowest BCUT2D eigenvalue weighted by Gasteiger charge is -2.21. The first kappa shape index (κ1) is 18.1. The first-order valence-electron chi connectivity index (χ1n) is 6.69. The zero-order valence-corrected chi connectivity index (χ0v) is 13.7. The monoisotopic (exact) mass is 328 g/mol. The van der Waals surface area contributed by atoms with Crippen LogP contribution < -0.4 is 5.32 Å². The lowest BCUT2D eigenvalue weighted by molar-refractivity contribution is -0.138. The van der Waals surface area contributed by atoms with Crippen molar-refractivity contribution < 1.29 is 23.1 Å². The molecule has 0 aromatic heterocycles. The Bertz CT molecular complexity index is 652. The minimum atomic E-state index is -3.61. The number of aliphatic carboxylic acids is 1. The van der Waals surface area contributed by atoms with E-state index in [0.717, 1.165) is 0 Å². The Labute approximate surface area is 130 Å². The molecular formula is C14H20N2O5S. The summed E-state index contributed by atoms with van der Waals surface area (Å²) in [6, 6.07) is 4.14. The van der Waals surface area contributed by atoms with Gasteiger partial charge in [0.05, 0.1) is 4.90 Å². The van der Waals surface area contributed by atoms with Crippen molar-refractivity contribution in [1.29, 1.82) is 0 Å². The maximum absolute atomic E-state index is 12.3. The molecule has 0 bridgehead atoms. The molecule has 7 nitrogen and oxygen atoms in total. The highest BCUT2D eigenvalue weighted by Gasteiger charge is 2.23. The van der Waals surface area contributed by atoms with E-state index in [2.05, 4.69) is 5.32 Å². The number of nitrogens with one attached hydrogen (secondary N) is 1. The van der Waals surface area contributed by atoms with Gasteiger partial charge in [0.15, 0.2) is 0 Å². The summed E-state index contributed by atoms with van der Waals surface area (Å²) in [5.74, 6) is -1.72. The fraction of sp³-hybridized carbons (Fsp3) is 0.429. The second-order valence-electron chi connectivity index (χ2n) is 5.17. The lowest BCUT2D eigenvalue weighted by Crippen LogP contribution is -2.38. The van der Waals surface area contributed by atoms with E-state index in [1.54, 1.807) is 13.8 Å². The standard InChI is InChI=1S/C14H20N2O5S/c1-9(2)16(4)22(20,21)12-7-5-11(6-8-12)13(17)15-10(3)14(18)19/h5-10H,1-4H3,(H,15,17)(H,18,19)/t10-/m0/s1. The molecule has 2 N–H and O–H groups in total. The molecule has 1 amide bonds. The first-order chi connectivity index (χ1) is 10.1. The number of amides is 1. The van der Waals surface area contributed by atoms with E-state index in [0.29, 0.717) is 0 Å². The average molecular weight is 328 g/mol. The van der Waals surface area contributed by atoms with E-state index in [1.807, 2.05) is 0 Å². The Kier molecular flexibility index (Phi) is 5.67. The van der Waals surface area contributed by atoms with E-state index in [1.165, 1.54) is 42.5 Å². The van der Waals surface area contributed by atoms with Gasteiger partial charge in [-0.2, -0.15) is 4.31 Å². The van der Waals surface area contributed by atoms with Gasteiger partial charge >= 0.3 is 5.97 Å². The van der Waals surface area contributed by atoms with E-state index >= 15 is 0 Å². The Balaban J connectivity index is 2.96. The Morgan fingerprint density at radius 2 is 1.64 bits per heavy atom. The summed E-state index contributed by atoms with van der Waals surface area (Å²) in [6.45, 7) is 4.86. The molecule has 122 valence electrons. The van der Waals surface area contributed by atoms with Crippen molar-refractivity contribution in [3.05, 3.63) is 29.8 Å². The number of carboxylic acid groups (broad SMARTS) is 1. The molecule has 1 aromatic carbocycles. The number of sulfonamides is 1. The van der Waals surface area contributed by atoms with Gasteiger partial charge < -0.3 is 10.4 Å². The number of benzene rings is 1. The van der Waals surface area contributed by atoms with Crippen LogP contribution in [0.2, 0.25) is 0 Å². The van der Waals surface area contributed by atoms with Crippen molar-refractivity contribution in [3.8, 4) is 0 Å². The van der Waals surface area contributed by atoms with E-state index in [4.69, 9.17) is 5.11 Å². The molecule has 1 rings (SSSR count). The topological polar surface area (TPSA) is 104 Å². The minimum Gasteiger partial charge on any atom is -0.480 e. The Morgan fingerprint density at radius 1 is 1.14 bits per heavy atom. The van der Waals surface area contributed by atoms with E-state index in [9.17, 15) is 18.0 Å². The molecule has 0 spiro atoms.